The van der Waals surface area contributed by atoms with Gasteiger partial charge in [-0.1, -0.05) is 12.1 Å². The minimum atomic E-state index is -4.37. The van der Waals surface area contributed by atoms with Crippen LogP contribution in [-0.2, 0) is 10.7 Å². The molecular formula is C9H11F3NOS+. The number of hydrogen-bond donors (Lipinski definition) is 1. The van der Waals surface area contributed by atoms with Crippen molar-refractivity contribution in [2.24, 2.45) is 0 Å². The standard InChI is InChI=1S/C9H10F3NOS/c1-13(2)15(9(10,11)12)8-6-4-3-5-7(8)14/h3-6H,1-2H3/p+1. The van der Waals surface area contributed by atoms with Crippen molar-refractivity contribution in [1.82, 2.24) is 0 Å². The second kappa shape index (κ2) is 4.22. The van der Waals surface area contributed by atoms with E-state index in [0.717, 1.165) is 3.95 Å². The Kier molecular flexibility index (Phi) is 3.38. The summed E-state index contributed by atoms with van der Waals surface area (Å²) in [6.07, 6.45) is 0. The molecule has 1 atom stereocenters. The van der Waals surface area contributed by atoms with Gasteiger partial charge in [0.2, 0.25) is 0 Å². The van der Waals surface area contributed by atoms with Crippen LogP contribution in [0.4, 0.5) is 13.2 Å². The average molecular weight is 238 g/mol. The maximum Gasteiger partial charge on any atom is 0.495 e. The first-order valence-electron chi connectivity index (χ1n) is 4.10. The van der Waals surface area contributed by atoms with Gasteiger partial charge >= 0.3 is 5.51 Å². The minimum absolute atomic E-state index is 0.102. The number of nitrogens with zero attached hydrogens (tertiary/aromatic N) is 1. The van der Waals surface area contributed by atoms with Crippen LogP contribution in [0.15, 0.2) is 29.2 Å². The molecule has 0 saturated heterocycles. The van der Waals surface area contributed by atoms with Gasteiger partial charge in [0.25, 0.3) is 0 Å². The Balaban J connectivity index is 3.38. The summed E-state index contributed by atoms with van der Waals surface area (Å²) in [6, 6.07) is 5.51. The summed E-state index contributed by atoms with van der Waals surface area (Å²) in [7, 11) is 0.588. The molecule has 15 heavy (non-hydrogen) atoms. The van der Waals surface area contributed by atoms with Gasteiger partial charge in [-0.3, -0.25) is 0 Å². The lowest BCUT2D eigenvalue weighted by molar-refractivity contribution is -0.441. The van der Waals surface area contributed by atoms with Crippen molar-refractivity contribution in [2.75, 3.05) is 14.1 Å². The highest BCUT2D eigenvalue weighted by Gasteiger charge is 2.43. The van der Waals surface area contributed by atoms with Crippen molar-refractivity contribution in [3.63, 3.8) is 0 Å². The molecule has 1 unspecified atom stereocenters. The normalized spacial score (nSPS) is 13.7. The van der Waals surface area contributed by atoms with Crippen molar-refractivity contribution in [1.29, 1.82) is 0 Å². The number of hydrogen-bond acceptors (Lipinski definition) is 1. The molecule has 1 rings (SSSR count). The summed E-state index contributed by atoms with van der Waals surface area (Å²) < 4.78 is 39.1. The Bertz CT molecular complexity index is 397. The van der Waals surface area contributed by atoms with E-state index >= 15 is 0 Å². The van der Waals surface area contributed by atoms with Crippen molar-refractivity contribution < 1.29 is 22.2 Å². The fourth-order valence-corrected chi connectivity index (χ4v) is 2.68. The number of aromatic hydroxyl groups is 1. The van der Waals surface area contributed by atoms with Crippen molar-refractivity contribution in [3.8, 4) is 5.75 Å². The highest BCUT2D eigenvalue weighted by molar-refractivity contribution is 7.86. The fourth-order valence-electron chi connectivity index (χ4n) is 1.15. The number of benzene rings is 1. The van der Waals surface area contributed by atoms with E-state index in [0.29, 0.717) is 0 Å². The quantitative estimate of drug-likeness (QED) is 0.746. The molecule has 1 aromatic rings. The van der Waals surface area contributed by atoms with Gasteiger partial charge in [-0.2, -0.15) is 13.2 Å². The van der Waals surface area contributed by atoms with Crippen LogP contribution in [0.25, 0.3) is 0 Å². The predicted molar refractivity (Wildman–Crippen MR) is 51.9 cm³/mol. The van der Waals surface area contributed by atoms with Crippen molar-refractivity contribution in [3.05, 3.63) is 24.3 Å². The average Bonchev–Trinajstić information content (AvgIpc) is 2.05. The summed E-state index contributed by atoms with van der Waals surface area (Å²) in [4.78, 5) is -0.102. The smallest absolute Gasteiger partial charge is 0.495 e. The van der Waals surface area contributed by atoms with Gasteiger partial charge in [0.15, 0.2) is 10.7 Å². The van der Waals surface area contributed by atoms with Crippen LogP contribution >= 0.6 is 0 Å². The highest BCUT2D eigenvalue weighted by Crippen LogP contribution is 2.32. The topological polar surface area (TPSA) is 23.2 Å². The maximum absolute atomic E-state index is 12.7. The van der Waals surface area contributed by atoms with E-state index in [1.165, 1.54) is 38.4 Å². The zero-order valence-corrected chi connectivity index (χ0v) is 9.06. The van der Waals surface area contributed by atoms with Gasteiger partial charge in [-0.25, -0.2) is 3.95 Å². The molecule has 0 radical (unpaired) electrons. The first-order chi connectivity index (χ1) is 6.84. The zero-order valence-electron chi connectivity index (χ0n) is 8.25. The minimum Gasteiger partial charge on any atom is -0.507 e. The second-order valence-corrected chi connectivity index (χ2v) is 5.21. The van der Waals surface area contributed by atoms with Crippen LogP contribution in [-0.4, -0.2) is 28.7 Å². The number of alkyl halides is 3. The number of rotatable bonds is 1. The molecule has 0 bridgehead atoms. The summed E-state index contributed by atoms with van der Waals surface area (Å²) in [5.41, 5.74) is -4.37. The monoisotopic (exact) mass is 238 g/mol. The molecule has 0 spiro atoms. The van der Waals surface area contributed by atoms with E-state index in [2.05, 4.69) is 0 Å². The van der Waals surface area contributed by atoms with E-state index in [1.54, 1.807) is 0 Å². The van der Waals surface area contributed by atoms with Gasteiger partial charge < -0.3 is 5.11 Å². The third-order valence-corrected chi connectivity index (χ3v) is 3.59. The molecular weight excluding hydrogens is 227 g/mol. The highest BCUT2D eigenvalue weighted by atomic mass is 32.2. The van der Waals surface area contributed by atoms with Gasteiger partial charge in [-0.05, 0) is 12.1 Å². The molecule has 6 heteroatoms. The zero-order chi connectivity index (χ0) is 11.6. The third kappa shape index (κ3) is 2.71. The Morgan fingerprint density at radius 3 is 2.13 bits per heavy atom. The Labute approximate surface area is 88.1 Å². The number of phenolic OH excluding ortho intramolecular Hbond substituents is 1. The predicted octanol–water partition coefficient (Wildman–Crippen LogP) is 2.34. The summed E-state index contributed by atoms with van der Waals surface area (Å²) >= 11 is 0. The van der Waals surface area contributed by atoms with E-state index < -0.39 is 16.2 Å². The Morgan fingerprint density at radius 1 is 1.20 bits per heavy atom. The summed E-state index contributed by atoms with van der Waals surface area (Å²) in [6.45, 7) is 0. The number of phenols is 1. The molecule has 0 aromatic heterocycles. The molecule has 0 fully saturated rings. The van der Waals surface area contributed by atoms with Crippen LogP contribution in [0.1, 0.15) is 0 Å². The molecule has 1 aromatic carbocycles. The number of halogens is 3. The molecule has 0 aliphatic carbocycles. The lowest BCUT2D eigenvalue weighted by Crippen LogP contribution is -2.23. The summed E-state index contributed by atoms with van der Waals surface area (Å²) in [5, 5.41) is 9.37. The number of para-hydroxylation sites is 1. The molecule has 0 saturated carbocycles. The van der Waals surface area contributed by atoms with Crippen LogP contribution in [0.2, 0.25) is 0 Å². The van der Waals surface area contributed by atoms with Crippen LogP contribution in [0.5, 0.6) is 5.75 Å². The van der Waals surface area contributed by atoms with Crippen LogP contribution in [0.3, 0.4) is 0 Å². The van der Waals surface area contributed by atoms with E-state index in [9.17, 15) is 18.3 Å². The molecule has 1 N–H and O–H groups in total. The molecule has 0 aliphatic rings. The molecule has 0 aliphatic heterocycles. The summed E-state index contributed by atoms with van der Waals surface area (Å²) in [5.74, 6) is -0.327. The van der Waals surface area contributed by atoms with Gasteiger partial charge in [0.1, 0.15) is 24.7 Å². The third-order valence-electron chi connectivity index (χ3n) is 1.66. The van der Waals surface area contributed by atoms with Gasteiger partial charge in [0, 0.05) is 0 Å². The van der Waals surface area contributed by atoms with Crippen LogP contribution < -0.4 is 0 Å². The molecule has 2 nitrogen and oxygen atoms in total. The molecule has 84 valence electrons. The van der Waals surface area contributed by atoms with Gasteiger partial charge in [-0.15, -0.1) is 0 Å². The SMILES string of the molecule is C[N+](C)=S(c1ccccc1O)C(F)(F)F. The Morgan fingerprint density at radius 2 is 1.73 bits per heavy atom. The lowest BCUT2D eigenvalue weighted by Gasteiger charge is -2.10. The second-order valence-electron chi connectivity index (χ2n) is 3.01. The molecule has 0 heterocycles. The van der Waals surface area contributed by atoms with E-state index in [4.69, 9.17) is 0 Å². The first-order valence-corrected chi connectivity index (χ1v) is 5.28. The maximum atomic E-state index is 12.7. The Hall–Kier alpha value is -1.04. The first kappa shape index (κ1) is 12.0. The van der Waals surface area contributed by atoms with Crippen molar-refractivity contribution in [2.45, 2.75) is 10.4 Å². The lowest BCUT2D eigenvalue weighted by atomic mass is 10.3. The fraction of sp³-hybridized carbons (Fsp3) is 0.333. The van der Waals surface area contributed by atoms with Gasteiger partial charge in [0.05, 0.1) is 0 Å². The van der Waals surface area contributed by atoms with Crippen molar-refractivity contribution >= 4 is 10.7 Å². The van der Waals surface area contributed by atoms with E-state index in [-0.39, 0.29) is 10.6 Å². The molecule has 0 amide bonds. The van der Waals surface area contributed by atoms with Crippen LogP contribution in [0, 0.1) is 0 Å². The largest absolute Gasteiger partial charge is 0.507 e. The van der Waals surface area contributed by atoms with E-state index in [1.807, 2.05) is 0 Å².